The van der Waals surface area contributed by atoms with Gasteiger partial charge in [-0.25, -0.2) is 4.79 Å². The Hall–Kier alpha value is -2.37. The van der Waals surface area contributed by atoms with E-state index in [1.807, 2.05) is 24.3 Å². The van der Waals surface area contributed by atoms with Gasteiger partial charge in [0.1, 0.15) is 11.5 Å². The molecule has 0 bridgehead atoms. The van der Waals surface area contributed by atoms with Gasteiger partial charge in [-0.05, 0) is 55.2 Å². The summed E-state index contributed by atoms with van der Waals surface area (Å²) in [6, 6.07) is 14.6. The first-order valence-corrected chi connectivity index (χ1v) is 15.9. The van der Waals surface area contributed by atoms with E-state index in [1.54, 1.807) is 24.3 Å². The zero-order valence-electron chi connectivity index (χ0n) is 25.2. The Labute approximate surface area is 242 Å². The predicted octanol–water partition coefficient (Wildman–Crippen LogP) is 9.69. The van der Waals surface area contributed by atoms with Crippen LogP contribution in [0.1, 0.15) is 126 Å². The van der Waals surface area contributed by atoms with E-state index in [9.17, 15) is 4.79 Å². The molecule has 1 aliphatic rings. The summed E-state index contributed by atoms with van der Waals surface area (Å²) in [7, 11) is 0. The van der Waals surface area contributed by atoms with Crippen LogP contribution in [0.5, 0.6) is 11.5 Å². The molecule has 2 aromatic rings. The molecule has 1 heterocycles. The maximum absolute atomic E-state index is 12.7. The van der Waals surface area contributed by atoms with Gasteiger partial charge in [0.15, 0.2) is 6.29 Å². The quantitative estimate of drug-likeness (QED) is 0.0986. The molecule has 5 nitrogen and oxygen atoms in total. The minimum atomic E-state index is -0.387. The SMILES string of the molecule is CCCCCCCCC[C@H]1CO[C@H](c2ccc(C(=O)Oc3ccc(OCCCCC[C@@H](C)CC)cc3)cc2)OC1. The van der Waals surface area contributed by atoms with Gasteiger partial charge in [-0.1, -0.05) is 104 Å². The Balaban J connectivity index is 1.32. The Morgan fingerprint density at radius 3 is 2.10 bits per heavy atom. The van der Waals surface area contributed by atoms with Crippen LogP contribution in [0.25, 0.3) is 0 Å². The molecular formula is C35H52O5. The van der Waals surface area contributed by atoms with Crippen molar-refractivity contribution in [2.24, 2.45) is 11.8 Å². The molecule has 0 spiro atoms. The highest BCUT2D eigenvalue weighted by atomic mass is 16.7. The van der Waals surface area contributed by atoms with Crippen molar-refractivity contribution in [2.75, 3.05) is 19.8 Å². The normalized spacial score (nSPS) is 17.9. The van der Waals surface area contributed by atoms with Crippen molar-refractivity contribution in [1.29, 1.82) is 0 Å². The lowest BCUT2D eigenvalue weighted by atomic mass is 10.0. The fraction of sp³-hybridized carbons (Fsp3) is 0.629. The van der Waals surface area contributed by atoms with E-state index in [0.29, 0.717) is 23.8 Å². The Kier molecular flexibility index (Phi) is 15.2. The van der Waals surface area contributed by atoms with Crippen molar-refractivity contribution in [3.8, 4) is 11.5 Å². The van der Waals surface area contributed by atoms with Crippen LogP contribution in [0.2, 0.25) is 0 Å². The van der Waals surface area contributed by atoms with E-state index in [4.69, 9.17) is 18.9 Å². The second kappa shape index (κ2) is 18.9. The Bertz CT molecular complexity index is 931. The maximum Gasteiger partial charge on any atom is 0.343 e. The summed E-state index contributed by atoms with van der Waals surface area (Å²) in [4.78, 5) is 12.7. The van der Waals surface area contributed by atoms with E-state index >= 15 is 0 Å². The third-order valence-electron chi connectivity index (χ3n) is 7.94. The summed E-state index contributed by atoms with van der Waals surface area (Å²) in [5.41, 5.74) is 1.42. The maximum atomic E-state index is 12.7. The molecule has 0 aliphatic carbocycles. The van der Waals surface area contributed by atoms with Gasteiger partial charge in [-0.15, -0.1) is 0 Å². The third kappa shape index (κ3) is 12.0. The Morgan fingerprint density at radius 2 is 1.43 bits per heavy atom. The number of esters is 1. The number of carbonyl (C=O) groups is 1. The summed E-state index contributed by atoms with van der Waals surface area (Å²) in [6.45, 7) is 8.98. The van der Waals surface area contributed by atoms with Crippen molar-refractivity contribution >= 4 is 5.97 Å². The molecule has 0 amide bonds. The topological polar surface area (TPSA) is 54.0 Å². The smallest absolute Gasteiger partial charge is 0.343 e. The largest absolute Gasteiger partial charge is 0.494 e. The van der Waals surface area contributed by atoms with Crippen molar-refractivity contribution in [3.05, 3.63) is 59.7 Å². The van der Waals surface area contributed by atoms with E-state index in [2.05, 4.69) is 20.8 Å². The number of ether oxygens (including phenoxy) is 4. The minimum Gasteiger partial charge on any atom is -0.494 e. The summed E-state index contributed by atoms with van der Waals surface area (Å²) >= 11 is 0. The zero-order chi connectivity index (χ0) is 28.4. The zero-order valence-corrected chi connectivity index (χ0v) is 25.2. The summed E-state index contributed by atoms with van der Waals surface area (Å²) in [5.74, 6) is 2.19. The molecule has 5 heteroatoms. The van der Waals surface area contributed by atoms with Gasteiger partial charge in [-0.3, -0.25) is 0 Å². The first-order chi connectivity index (χ1) is 19.6. The predicted molar refractivity (Wildman–Crippen MR) is 162 cm³/mol. The molecule has 1 saturated heterocycles. The number of benzene rings is 2. The van der Waals surface area contributed by atoms with Gasteiger partial charge in [0.2, 0.25) is 0 Å². The van der Waals surface area contributed by atoms with Crippen molar-refractivity contribution in [1.82, 2.24) is 0 Å². The van der Waals surface area contributed by atoms with Crippen LogP contribution in [-0.4, -0.2) is 25.8 Å². The van der Waals surface area contributed by atoms with E-state index < -0.39 is 0 Å². The average molecular weight is 553 g/mol. The number of carbonyl (C=O) groups excluding carboxylic acids is 1. The van der Waals surface area contributed by atoms with Gasteiger partial charge in [0, 0.05) is 11.5 Å². The fourth-order valence-corrected chi connectivity index (χ4v) is 5.00. The van der Waals surface area contributed by atoms with Crippen molar-refractivity contribution in [3.63, 3.8) is 0 Å². The van der Waals surface area contributed by atoms with Gasteiger partial charge in [0.05, 0.1) is 25.4 Å². The number of hydrogen-bond acceptors (Lipinski definition) is 5. The second-order valence-corrected chi connectivity index (χ2v) is 11.5. The van der Waals surface area contributed by atoms with Crippen LogP contribution in [-0.2, 0) is 9.47 Å². The Morgan fingerprint density at radius 1 is 0.800 bits per heavy atom. The standard InChI is InChI=1S/C35H52O5/c1-4-6-7-8-9-10-13-16-29-26-38-35(39-27-29)31-19-17-30(18-20-31)34(36)40-33-23-21-32(22-24-33)37-25-14-11-12-15-28(3)5-2/h17-24,28-29,35H,4-16,25-27H2,1-3H3/t28-,29-,35-/m0/s1. The summed E-state index contributed by atoms with van der Waals surface area (Å²) in [5, 5.41) is 0. The second-order valence-electron chi connectivity index (χ2n) is 11.5. The summed E-state index contributed by atoms with van der Waals surface area (Å²) < 4.78 is 23.4. The van der Waals surface area contributed by atoms with Crippen molar-refractivity contribution in [2.45, 2.75) is 111 Å². The summed E-state index contributed by atoms with van der Waals surface area (Å²) in [6.07, 6.45) is 16.1. The number of unbranched alkanes of at least 4 members (excludes halogenated alkanes) is 8. The lowest BCUT2D eigenvalue weighted by Crippen LogP contribution is -2.27. The van der Waals surface area contributed by atoms with Crippen LogP contribution in [0.15, 0.2) is 48.5 Å². The number of hydrogen-bond donors (Lipinski definition) is 0. The molecule has 2 aromatic carbocycles. The van der Waals surface area contributed by atoms with E-state index in [0.717, 1.165) is 43.3 Å². The molecule has 3 rings (SSSR count). The van der Waals surface area contributed by atoms with Crippen LogP contribution >= 0.6 is 0 Å². The first-order valence-electron chi connectivity index (χ1n) is 15.9. The molecule has 40 heavy (non-hydrogen) atoms. The lowest BCUT2D eigenvalue weighted by molar-refractivity contribution is -0.206. The first kappa shape index (κ1) is 32.1. The van der Waals surface area contributed by atoms with Gasteiger partial charge >= 0.3 is 5.97 Å². The fourth-order valence-electron chi connectivity index (χ4n) is 5.00. The highest BCUT2D eigenvalue weighted by Gasteiger charge is 2.23. The van der Waals surface area contributed by atoms with Crippen LogP contribution < -0.4 is 9.47 Å². The molecule has 0 unspecified atom stereocenters. The molecule has 0 N–H and O–H groups in total. The monoisotopic (exact) mass is 552 g/mol. The van der Waals surface area contributed by atoms with Crippen LogP contribution in [0.4, 0.5) is 0 Å². The van der Waals surface area contributed by atoms with Crippen LogP contribution in [0.3, 0.4) is 0 Å². The van der Waals surface area contributed by atoms with Crippen LogP contribution in [0, 0.1) is 11.8 Å². The average Bonchev–Trinajstić information content (AvgIpc) is 2.99. The molecule has 1 fully saturated rings. The van der Waals surface area contributed by atoms with E-state index in [-0.39, 0.29) is 12.3 Å². The number of rotatable bonds is 19. The molecule has 222 valence electrons. The third-order valence-corrected chi connectivity index (χ3v) is 7.94. The molecule has 0 radical (unpaired) electrons. The molecular weight excluding hydrogens is 500 g/mol. The van der Waals surface area contributed by atoms with Gasteiger partial charge < -0.3 is 18.9 Å². The molecule has 0 aromatic heterocycles. The molecule has 1 aliphatic heterocycles. The highest BCUT2D eigenvalue weighted by molar-refractivity contribution is 5.91. The highest BCUT2D eigenvalue weighted by Crippen LogP contribution is 2.28. The molecule has 0 saturated carbocycles. The minimum absolute atomic E-state index is 0.372. The van der Waals surface area contributed by atoms with Gasteiger partial charge in [0.25, 0.3) is 0 Å². The molecule has 1 atom stereocenters. The lowest BCUT2D eigenvalue weighted by Gasteiger charge is -2.29. The van der Waals surface area contributed by atoms with Crippen molar-refractivity contribution < 1.29 is 23.7 Å². The van der Waals surface area contributed by atoms with Gasteiger partial charge in [-0.2, -0.15) is 0 Å². The van der Waals surface area contributed by atoms with E-state index in [1.165, 1.54) is 70.6 Å².